The molecule has 0 saturated carbocycles. The number of benzene rings is 1. The number of aromatic nitrogens is 1. The lowest BCUT2D eigenvalue weighted by Crippen LogP contribution is -2.37. The van der Waals surface area contributed by atoms with Gasteiger partial charge >= 0.3 is 6.18 Å². The molecule has 11 heteroatoms. The molecule has 2 heterocycles. The summed E-state index contributed by atoms with van der Waals surface area (Å²) in [4.78, 5) is 9.91. The molecule has 6 nitrogen and oxygen atoms in total. The van der Waals surface area contributed by atoms with Crippen LogP contribution in [0.2, 0.25) is 0 Å². The van der Waals surface area contributed by atoms with Crippen LogP contribution in [0, 0.1) is 5.82 Å². The van der Waals surface area contributed by atoms with Gasteiger partial charge in [-0.25, -0.2) is 14.4 Å². The fourth-order valence-corrected chi connectivity index (χ4v) is 3.64. The van der Waals surface area contributed by atoms with Crippen LogP contribution in [0.25, 0.3) is 0 Å². The lowest BCUT2D eigenvalue weighted by atomic mass is 10.1. The standard InChI is InChI=1S/C19H23F4N5OS/c1-2-24-18(26-11-17-27-16(12-30-17)19(21,22)23)25-10-13-3-4-15(14(20)9-13)28-5-7-29-8-6-28/h3-4,9,12H,2,5-8,10-11H2,1H3,(H2,24,25,26). The summed E-state index contributed by atoms with van der Waals surface area (Å²) in [5, 5.41) is 7.25. The van der Waals surface area contributed by atoms with E-state index in [4.69, 9.17) is 4.74 Å². The number of anilines is 1. The minimum Gasteiger partial charge on any atom is -0.378 e. The van der Waals surface area contributed by atoms with Gasteiger partial charge in [0, 0.05) is 25.0 Å². The van der Waals surface area contributed by atoms with Crippen LogP contribution >= 0.6 is 11.3 Å². The van der Waals surface area contributed by atoms with Crippen LogP contribution in [-0.4, -0.2) is 43.8 Å². The van der Waals surface area contributed by atoms with Crippen molar-refractivity contribution in [3.8, 4) is 0 Å². The molecule has 0 radical (unpaired) electrons. The third kappa shape index (κ3) is 6.05. The third-order valence-corrected chi connectivity index (χ3v) is 5.23. The van der Waals surface area contributed by atoms with Crippen molar-refractivity contribution in [3.05, 3.63) is 45.7 Å². The Kier molecular flexibility index (Phi) is 7.48. The van der Waals surface area contributed by atoms with Crippen molar-refractivity contribution >= 4 is 23.0 Å². The van der Waals surface area contributed by atoms with Gasteiger partial charge in [-0.05, 0) is 24.6 Å². The topological polar surface area (TPSA) is 61.8 Å². The molecule has 1 aliphatic heterocycles. The van der Waals surface area contributed by atoms with Gasteiger partial charge in [0.25, 0.3) is 0 Å². The SMILES string of the molecule is CCNC(=NCc1ccc(N2CCOCC2)c(F)c1)NCc1nc(C(F)(F)F)cs1. The average Bonchev–Trinajstić information content (AvgIpc) is 3.20. The summed E-state index contributed by atoms with van der Waals surface area (Å²) in [5.41, 5.74) is 0.331. The Hall–Kier alpha value is -2.40. The molecule has 0 atom stereocenters. The Morgan fingerprint density at radius 3 is 2.67 bits per heavy atom. The number of guanidine groups is 1. The van der Waals surface area contributed by atoms with Crippen LogP contribution in [0.4, 0.5) is 23.2 Å². The van der Waals surface area contributed by atoms with Crippen LogP contribution < -0.4 is 15.5 Å². The molecule has 1 aromatic heterocycles. The molecular weight excluding hydrogens is 422 g/mol. The molecule has 0 aliphatic carbocycles. The van der Waals surface area contributed by atoms with Crippen molar-refractivity contribution in [1.29, 1.82) is 0 Å². The van der Waals surface area contributed by atoms with Gasteiger partial charge in [0.1, 0.15) is 10.8 Å². The number of halogens is 4. The van der Waals surface area contributed by atoms with Crippen molar-refractivity contribution in [1.82, 2.24) is 15.6 Å². The summed E-state index contributed by atoms with van der Waals surface area (Å²) in [6, 6.07) is 5.01. The Labute approximate surface area is 176 Å². The lowest BCUT2D eigenvalue weighted by Gasteiger charge is -2.29. The van der Waals surface area contributed by atoms with Gasteiger partial charge in [-0.15, -0.1) is 11.3 Å². The van der Waals surface area contributed by atoms with E-state index in [0.717, 1.165) is 16.7 Å². The Morgan fingerprint density at radius 1 is 1.27 bits per heavy atom. The number of morpholine rings is 1. The van der Waals surface area contributed by atoms with E-state index in [0.29, 0.717) is 55.1 Å². The first kappa shape index (κ1) is 22.3. The predicted molar refractivity (Wildman–Crippen MR) is 108 cm³/mol. The second-order valence-corrected chi connectivity index (χ2v) is 7.50. The molecule has 2 N–H and O–H groups in total. The zero-order valence-electron chi connectivity index (χ0n) is 16.4. The highest BCUT2D eigenvalue weighted by Gasteiger charge is 2.33. The van der Waals surface area contributed by atoms with E-state index in [-0.39, 0.29) is 18.9 Å². The van der Waals surface area contributed by atoms with Crippen LogP contribution in [0.5, 0.6) is 0 Å². The van der Waals surface area contributed by atoms with Crippen LogP contribution in [0.3, 0.4) is 0 Å². The molecule has 0 amide bonds. The maximum Gasteiger partial charge on any atom is 0.434 e. The van der Waals surface area contributed by atoms with Gasteiger partial charge in [0.15, 0.2) is 11.7 Å². The molecule has 1 saturated heterocycles. The summed E-state index contributed by atoms with van der Waals surface area (Å²) in [7, 11) is 0. The highest BCUT2D eigenvalue weighted by molar-refractivity contribution is 7.09. The normalized spacial score (nSPS) is 15.4. The highest BCUT2D eigenvalue weighted by atomic mass is 32.1. The van der Waals surface area contributed by atoms with E-state index >= 15 is 0 Å². The molecule has 0 bridgehead atoms. The number of rotatable bonds is 6. The average molecular weight is 445 g/mol. The predicted octanol–water partition coefficient (Wildman–Crippen LogP) is 3.39. The number of ether oxygens (including phenoxy) is 1. The third-order valence-electron chi connectivity index (χ3n) is 4.38. The van der Waals surface area contributed by atoms with Crippen LogP contribution in [-0.2, 0) is 24.0 Å². The van der Waals surface area contributed by atoms with E-state index in [1.807, 2.05) is 17.9 Å². The van der Waals surface area contributed by atoms with Gasteiger partial charge in [-0.2, -0.15) is 13.2 Å². The minimum absolute atomic E-state index is 0.108. The summed E-state index contributed by atoms with van der Waals surface area (Å²) in [5.74, 6) is 0.101. The second-order valence-electron chi connectivity index (χ2n) is 6.56. The van der Waals surface area contributed by atoms with E-state index in [9.17, 15) is 17.6 Å². The first-order chi connectivity index (χ1) is 14.4. The van der Waals surface area contributed by atoms with Crippen LogP contribution in [0.1, 0.15) is 23.2 Å². The Balaban J connectivity index is 1.61. The Morgan fingerprint density at radius 2 is 2.03 bits per heavy atom. The van der Waals surface area contributed by atoms with Gasteiger partial charge in [-0.3, -0.25) is 0 Å². The summed E-state index contributed by atoms with van der Waals surface area (Å²) >= 11 is 0.928. The number of nitrogens with one attached hydrogen (secondary N) is 2. The lowest BCUT2D eigenvalue weighted by molar-refractivity contribution is -0.140. The van der Waals surface area contributed by atoms with E-state index in [2.05, 4.69) is 20.6 Å². The minimum atomic E-state index is -4.45. The van der Waals surface area contributed by atoms with Gasteiger partial charge in [0.05, 0.1) is 32.0 Å². The first-order valence-electron chi connectivity index (χ1n) is 9.51. The number of hydrogen-bond acceptors (Lipinski definition) is 5. The van der Waals surface area contributed by atoms with E-state index in [1.165, 1.54) is 6.07 Å². The van der Waals surface area contributed by atoms with Crippen molar-refractivity contribution in [2.45, 2.75) is 26.2 Å². The van der Waals surface area contributed by atoms with Crippen molar-refractivity contribution in [3.63, 3.8) is 0 Å². The maximum atomic E-state index is 14.5. The zero-order valence-corrected chi connectivity index (χ0v) is 17.2. The zero-order chi connectivity index (χ0) is 21.6. The number of alkyl halides is 3. The summed E-state index contributed by atoms with van der Waals surface area (Å²) in [6.07, 6.45) is -4.45. The number of thiazole rings is 1. The molecule has 2 aromatic rings. The molecule has 3 rings (SSSR count). The molecule has 1 aliphatic rings. The smallest absolute Gasteiger partial charge is 0.378 e. The summed E-state index contributed by atoms with van der Waals surface area (Å²) in [6.45, 7) is 5.23. The Bertz CT molecular complexity index is 865. The fraction of sp³-hybridized carbons (Fsp3) is 0.474. The van der Waals surface area contributed by atoms with Crippen molar-refractivity contribution in [2.24, 2.45) is 4.99 Å². The largest absolute Gasteiger partial charge is 0.434 e. The quantitative estimate of drug-likeness (QED) is 0.406. The summed E-state index contributed by atoms with van der Waals surface area (Å²) < 4.78 is 57.8. The van der Waals surface area contributed by atoms with E-state index < -0.39 is 11.9 Å². The molecule has 1 fully saturated rings. The van der Waals surface area contributed by atoms with Gasteiger partial charge < -0.3 is 20.3 Å². The number of aliphatic imine (C=N–C) groups is 1. The van der Waals surface area contributed by atoms with Crippen molar-refractivity contribution < 1.29 is 22.3 Å². The van der Waals surface area contributed by atoms with Crippen LogP contribution in [0.15, 0.2) is 28.6 Å². The molecule has 0 unspecified atom stereocenters. The second kappa shape index (κ2) is 10.1. The molecule has 0 spiro atoms. The first-order valence-corrected chi connectivity index (χ1v) is 10.4. The van der Waals surface area contributed by atoms with Gasteiger partial charge in [-0.1, -0.05) is 6.07 Å². The molecule has 164 valence electrons. The maximum absolute atomic E-state index is 14.5. The molecule has 1 aromatic carbocycles. The number of hydrogen-bond donors (Lipinski definition) is 2. The van der Waals surface area contributed by atoms with E-state index in [1.54, 1.807) is 6.07 Å². The molecular formula is C19H23F4N5OS. The molecule has 30 heavy (non-hydrogen) atoms. The van der Waals surface area contributed by atoms with Crippen molar-refractivity contribution in [2.75, 3.05) is 37.7 Å². The highest BCUT2D eigenvalue weighted by Crippen LogP contribution is 2.30. The van der Waals surface area contributed by atoms with Gasteiger partial charge in [0.2, 0.25) is 0 Å². The fourth-order valence-electron chi connectivity index (χ4n) is 2.90. The number of nitrogens with zero attached hydrogens (tertiary/aromatic N) is 3. The monoisotopic (exact) mass is 445 g/mol.